The number of hydrogen-bond donors (Lipinski definition) is 1. The Morgan fingerprint density at radius 3 is 2.60 bits per heavy atom. The quantitative estimate of drug-likeness (QED) is 0.797. The number of nitrogens with zero attached hydrogens (tertiary/aromatic N) is 1. The van der Waals surface area contributed by atoms with Crippen molar-refractivity contribution < 1.29 is 24.2 Å². The van der Waals surface area contributed by atoms with Gasteiger partial charge in [-0.05, 0) is 46.5 Å². The molecule has 0 bridgehead atoms. The van der Waals surface area contributed by atoms with Crippen LogP contribution in [0.15, 0.2) is 0 Å². The fourth-order valence-corrected chi connectivity index (χ4v) is 2.87. The second-order valence-electron chi connectivity index (χ2n) is 6.67. The van der Waals surface area contributed by atoms with Crippen molar-refractivity contribution in [2.75, 3.05) is 13.1 Å². The van der Waals surface area contributed by atoms with Crippen molar-refractivity contribution in [1.29, 1.82) is 0 Å². The molecule has 0 aliphatic carbocycles. The van der Waals surface area contributed by atoms with Gasteiger partial charge in [0.05, 0.1) is 12.1 Å². The number of ether oxygens (including phenoxy) is 2. The van der Waals surface area contributed by atoms with Crippen molar-refractivity contribution in [1.82, 2.24) is 4.90 Å². The zero-order valence-electron chi connectivity index (χ0n) is 12.3. The summed E-state index contributed by atoms with van der Waals surface area (Å²) in [4.78, 5) is 24.7. The molecule has 0 radical (unpaired) electrons. The average molecular weight is 285 g/mol. The van der Waals surface area contributed by atoms with Gasteiger partial charge in [-0.3, -0.25) is 0 Å². The minimum atomic E-state index is -0.920. The molecule has 2 aliphatic heterocycles. The molecule has 6 nitrogen and oxygen atoms in total. The molecule has 2 rings (SSSR count). The molecule has 0 aromatic rings. The Kier molecular flexibility index (Phi) is 3.95. The van der Waals surface area contributed by atoms with Gasteiger partial charge in [0.15, 0.2) is 6.10 Å². The summed E-state index contributed by atoms with van der Waals surface area (Å²) >= 11 is 0. The van der Waals surface area contributed by atoms with E-state index >= 15 is 0 Å². The summed E-state index contributed by atoms with van der Waals surface area (Å²) in [5.74, 6) is -0.920. The monoisotopic (exact) mass is 285 g/mol. The van der Waals surface area contributed by atoms with Crippen LogP contribution in [0, 0.1) is 0 Å². The molecular formula is C14H23NO5. The Morgan fingerprint density at radius 2 is 2.05 bits per heavy atom. The standard InChI is InChI=1S/C14H23NO5/c1-13(2,3)20-12(18)15-8-4-6-14(9-15)7-5-10(19-14)11(16)17/h10H,4-9H2,1-3H3,(H,16,17)/t10-,14+/m0/s1. The number of carboxylic acid groups (broad SMARTS) is 1. The highest BCUT2D eigenvalue weighted by atomic mass is 16.6. The molecule has 0 unspecified atom stereocenters. The highest BCUT2D eigenvalue weighted by molar-refractivity contribution is 5.73. The number of carboxylic acids is 1. The number of aliphatic carboxylic acids is 1. The fraction of sp³-hybridized carbons (Fsp3) is 0.857. The maximum atomic E-state index is 12.1. The van der Waals surface area contributed by atoms with Gasteiger partial charge in [-0.15, -0.1) is 0 Å². The molecule has 1 N–H and O–H groups in total. The van der Waals surface area contributed by atoms with Crippen molar-refractivity contribution in [2.45, 2.75) is 63.8 Å². The first-order valence-corrected chi connectivity index (χ1v) is 7.09. The first-order valence-electron chi connectivity index (χ1n) is 7.09. The van der Waals surface area contributed by atoms with Crippen molar-refractivity contribution in [3.63, 3.8) is 0 Å². The highest BCUT2D eigenvalue weighted by Gasteiger charge is 2.46. The van der Waals surface area contributed by atoms with Crippen LogP contribution in [0.5, 0.6) is 0 Å². The van der Waals surface area contributed by atoms with Crippen molar-refractivity contribution in [3.8, 4) is 0 Å². The average Bonchev–Trinajstić information content (AvgIpc) is 2.71. The molecule has 2 heterocycles. The van der Waals surface area contributed by atoms with Gasteiger partial charge in [-0.2, -0.15) is 0 Å². The van der Waals surface area contributed by atoms with E-state index in [0.29, 0.717) is 25.9 Å². The molecular weight excluding hydrogens is 262 g/mol. The lowest BCUT2D eigenvalue weighted by Crippen LogP contribution is -2.51. The van der Waals surface area contributed by atoms with Gasteiger partial charge in [0.1, 0.15) is 5.60 Å². The second-order valence-corrected chi connectivity index (χ2v) is 6.67. The molecule has 114 valence electrons. The van der Waals surface area contributed by atoms with Crippen LogP contribution in [-0.2, 0) is 14.3 Å². The summed E-state index contributed by atoms with van der Waals surface area (Å²) in [5.41, 5.74) is -1.03. The van der Waals surface area contributed by atoms with Gasteiger partial charge in [-0.25, -0.2) is 9.59 Å². The molecule has 1 amide bonds. The zero-order chi connectivity index (χ0) is 15.0. The third-order valence-corrected chi connectivity index (χ3v) is 3.72. The lowest BCUT2D eigenvalue weighted by atomic mass is 9.90. The van der Waals surface area contributed by atoms with Gasteiger partial charge in [0.25, 0.3) is 0 Å². The van der Waals surface area contributed by atoms with E-state index in [2.05, 4.69) is 0 Å². The third kappa shape index (κ3) is 3.42. The maximum absolute atomic E-state index is 12.1. The van der Waals surface area contributed by atoms with Crippen LogP contribution in [0.3, 0.4) is 0 Å². The Morgan fingerprint density at radius 1 is 1.35 bits per heavy atom. The number of carbonyl (C=O) groups excluding carboxylic acids is 1. The Bertz CT molecular complexity index is 403. The Labute approximate surface area is 119 Å². The zero-order valence-corrected chi connectivity index (χ0v) is 12.3. The van der Waals surface area contributed by atoms with Crippen LogP contribution < -0.4 is 0 Å². The van der Waals surface area contributed by atoms with Crippen LogP contribution in [0.4, 0.5) is 4.79 Å². The van der Waals surface area contributed by atoms with Crippen LogP contribution in [0.1, 0.15) is 46.5 Å². The lowest BCUT2D eigenvalue weighted by Gasteiger charge is -2.40. The highest BCUT2D eigenvalue weighted by Crippen LogP contribution is 2.38. The molecule has 0 saturated carbocycles. The topological polar surface area (TPSA) is 76.1 Å². The van der Waals surface area contributed by atoms with Gasteiger partial charge >= 0.3 is 12.1 Å². The van der Waals surface area contributed by atoms with E-state index < -0.39 is 23.3 Å². The molecule has 2 fully saturated rings. The molecule has 2 atom stereocenters. The summed E-state index contributed by atoms with van der Waals surface area (Å²) in [6, 6.07) is 0. The molecule has 2 saturated heterocycles. The molecule has 0 aromatic heterocycles. The predicted octanol–water partition coefficient (Wildman–Crippen LogP) is 2.02. The number of rotatable bonds is 1. The number of likely N-dealkylation sites (tertiary alicyclic amines) is 1. The van der Waals surface area contributed by atoms with Gasteiger partial charge in [0, 0.05) is 6.54 Å². The van der Waals surface area contributed by atoms with Crippen LogP contribution >= 0.6 is 0 Å². The van der Waals surface area contributed by atoms with E-state index in [1.165, 1.54) is 0 Å². The van der Waals surface area contributed by atoms with E-state index in [-0.39, 0.29) is 6.09 Å². The number of carbonyl (C=O) groups is 2. The van der Waals surface area contributed by atoms with Gasteiger partial charge < -0.3 is 19.5 Å². The lowest BCUT2D eigenvalue weighted by molar-refractivity contribution is -0.157. The fourth-order valence-electron chi connectivity index (χ4n) is 2.87. The van der Waals surface area contributed by atoms with Crippen LogP contribution in [0.25, 0.3) is 0 Å². The van der Waals surface area contributed by atoms with Crippen LogP contribution in [-0.4, -0.2) is 52.5 Å². The second kappa shape index (κ2) is 5.24. The van der Waals surface area contributed by atoms with E-state index in [4.69, 9.17) is 14.6 Å². The van der Waals surface area contributed by atoms with E-state index in [0.717, 1.165) is 12.8 Å². The summed E-state index contributed by atoms with van der Waals surface area (Å²) < 4.78 is 11.1. The van der Waals surface area contributed by atoms with Crippen molar-refractivity contribution >= 4 is 12.1 Å². The molecule has 20 heavy (non-hydrogen) atoms. The summed E-state index contributed by atoms with van der Waals surface area (Å²) in [6.07, 6.45) is 1.72. The van der Waals surface area contributed by atoms with Gasteiger partial charge in [0.2, 0.25) is 0 Å². The summed E-state index contributed by atoms with van der Waals surface area (Å²) in [7, 11) is 0. The van der Waals surface area contributed by atoms with E-state index in [1.807, 2.05) is 20.8 Å². The van der Waals surface area contributed by atoms with Crippen molar-refractivity contribution in [2.24, 2.45) is 0 Å². The van der Waals surface area contributed by atoms with Gasteiger partial charge in [-0.1, -0.05) is 0 Å². The molecule has 6 heteroatoms. The summed E-state index contributed by atoms with van der Waals surface area (Å²) in [5, 5.41) is 9.02. The molecule has 0 aromatic carbocycles. The first-order chi connectivity index (χ1) is 9.21. The first kappa shape index (κ1) is 15.1. The number of amides is 1. The molecule has 2 aliphatic rings. The predicted molar refractivity (Wildman–Crippen MR) is 71.5 cm³/mol. The van der Waals surface area contributed by atoms with E-state index in [9.17, 15) is 9.59 Å². The minimum absolute atomic E-state index is 0.348. The largest absolute Gasteiger partial charge is 0.479 e. The smallest absolute Gasteiger partial charge is 0.410 e. The minimum Gasteiger partial charge on any atom is -0.479 e. The van der Waals surface area contributed by atoms with Crippen molar-refractivity contribution in [3.05, 3.63) is 0 Å². The Balaban J connectivity index is 1.99. The normalized spacial score (nSPS) is 30.6. The number of hydrogen-bond acceptors (Lipinski definition) is 4. The van der Waals surface area contributed by atoms with E-state index in [1.54, 1.807) is 4.90 Å². The summed E-state index contributed by atoms with van der Waals surface area (Å²) in [6.45, 7) is 6.55. The SMILES string of the molecule is CC(C)(C)OC(=O)N1CCC[C@@]2(CC[C@@H](C(=O)O)O2)C1. The molecule has 1 spiro atoms. The number of piperidine rings is 1. The maximum Gasteiger partial charge on any atom is 0.410 e. The third-order valence-electron chi connectivity index (χ3n) is 3.72. The Hall–Kier alpha value is -1.30. The van der Waals surface area contributed by atoms with Crippen LogP contribution in [0.2, 0.25) is 0 Å².